The number of ether oxygens (including phenoxy) is 1. The molecule has 2 heterocycles. The quantitative estimate of drug-likeness (QED) is 0.546. The molecule has 0 spiro atoms. The van der Waals surface area contributed by atoms with E-state index in [1.54, 1.807) is 13.3 Å². The van der Waals surface area contributed by atoms with E-state index >= 15 is 0 Å². The van der Waals surface area contributed by atoms with Crippen molar-refractivity contribution in [2.75, 3.05) is 12.4 Å². The largest absolute Gasteiger partial charge is 0.496 e. The van der Waals surface area contributed by atoms with E-state index < -0.39 is 0 Å². The molecule has 5 heteroatoms. The second-order valence-corrected chi connectivity index (χ2v) is 6.55. The Morgan fingerprint density at radius 3 is 2.88 bits per heavy atom. The topological polar surface area (TPSA) is 47.3 Å². The van der Waals surface area contributed by atoms with Crippen LogP contribution < -0.4 is 10.1 Å². The van der Waals surface area contributed by atoms with Crippen LogP contribution in [0.2, 0.25) is 0 Å². The minimum Gasteiger partial charge on any atom is -0.496 e. The first-order valence-electron chi connectivity index (χ1n) is 7.62. The summed E-state index contributed by atoms with van der Waals surface area (Å²) >= 11 is 1.81. The molecular formula is C19H16N2O2S. The fraction of sp³-hybridized carbons (Fsp3) is 0.105. The van der Waals surface area contributed by atoms with E-state index in [4.69, 9.17) is 9.15 Å². The fourth-order valence-corrected chi connectivity index (χ4v) is 3.67. The molecule has 4 rings (SSSR count). The zero-order chi connectivity index (χ0) is 16.4. The van der Waals surface area contributed by atoms with Gasteiger partial charge in [0.25, 0.3) is 0 Å². The fourth-order valence-electron chi connectivity index (χ4n) is 2.67. The molecule has 24 heavy (non-hydrogen) atoms. The first-order chi connectivity index (χ1) is 11.8. The van der Waals surface area contributed by atoms with Crippen molar-refractivity contribution < 1.29 is 9.15 Å². The Bertz CT molecular complexity index is 928. The van der Waals surface area contributed by atoms with Crippen molar-refractivity contribution in [2.24, 2.45) is 0 Å². The van der Waals surface area contributed by atoms with Gasteiger partial charge in [0.1, 0.15) is 5.75 Å². The number of fused-ring (bicyclic) bond motifs is 1. The standard InChI is InChI=1S/C19H16N2O2S/c1-22-17-9-14(6-7-16(17)18-11-20-12-23-18)21-10-15-8-13-4-2-3-5-19(13)24-15/h2-9,11-12,21H,10H2,1H3. The monoisotopic (exact) mass is 336 g/mol. The number of anilines is 1. The van der Waals surface area contributed by atoms with Gasteiger partial charge in [0, 0.05) is 27.9 Å². The van der Waals surface area contributed by atoms with E-state index in [0.717, 1.165) is 23.5 Å². The van der Waals surface area contributed by atoms with Crippen molar-refractivity contribution in [3.05, 3.63) is 66.0 Å². The van der Waals surface area contributed by atoms with Crippen LogP contribution in [0.15, 0.2) is 65.5 Å². The maximum absolute atomic E-state index is 5.48. The molecule has 4 nitrogen and oxygen atoms in total. The van der Waals surface area contributed by atoms with Crippen LogP contribution in [0, 0.1) is 0 Å². The summed E-state index contributed by atoms with van der Waals surface area (Å²) < 4.78 is 12.2. The normalized spacial score (nSPS) is 10.9. The molecule has 0 aliphatic rings. The number of benzene rings is 2. The maximum Gasteiger partial charge on any atom is 0.181 e. The molecule has 0 saturated carbocycles. The molecule has 2 aromatic carbocycles. The van der Waals surface area contributed by atoms with Gasteiger partial charge in [-0.25, -0.2) is 4.98 Å². The molecule has 0 fully saturated rings. The molecule has 0 bridgehead atoms. The van der Waals surface area contributed by atoms with E-state index in [-0.39, 0.29) is 0 Å². The van der Waals surface area contributed by atoms with Gasteiger partial charge in [-0.15, -0.1) is 11.3 Å². The lowest BCUT2D eigenvalue weighted by atomic mass is 10.1. The summed E-state index contributed by atoms with van der Waals surface area (Å²) in [5.41, 5.74) is 1.90. The third kappa shape index (κ3) is 2.86. The molecular weight excluding hydrogens is 320 g/mol. The van der Waals surface area contributed by atoms with Crippen LogP contribution in [0.1, 0.15) is 4.88 Å². The lowest BCUT2D eigenvalue weighted by Crippen LogP contribution is -1.98. The summed E-state index contributed by atoms with van der Waals surface area (Å²) in [7, 11) is 1.66. The number of nitrogens with zero attached hydrogens (tertiary/aromatic N) is 1. The number of hydrogen-bond donors (Lipinski definition) is 1. The first kappa shape index (κ1) is 14.8. The molecule has 4 aromatic rings. The maximum atomic E-state index is 5.48. The van der Waals surface area contributed by atoms with Gasteiger partial charge in [-0.1, -0.05) is 18.2 Å². The van der Waals surface area contributed by atoms with E-state index in [1.165, 1.54) is 21.4 Å². The summed E-state index contributed by atoms with van der Waals surface area (Å²) in [6.45, 7) is 0.782. The average Bonchev–Trinajstić information content (AvgIpc) is 3.28. The summed E-state index contributed by atoms with van der Waals surface area (Å²) in [6.07, 6.45) is 3.10. The highest BCUT2D eigenvalue weighted by Crippen LogP contribution is 2.33. The molecule has 0 unspecified atom stereocenters. The number of thiophene rings is 1. The van der Waals surface area contributed by atoms with E-state index in [2.05, 4.69) is 40.6 Å². The molecule has 0 saturated heterocycles. The van der Waals surface area contributed by atoms with Gasteiger partial charge in [0.2, 0.25) is 0 Å². The Balaban J connectivity index is 1.54. The summed E-state index contributed by atoms with van der Waals surface area (Å²) in [4.78, 5) is 5.26. The molecule has 120 valence electrons. The van der Waals surface area contributed by atoms with Crippen LogP contribution in [-0.4, -0.2) is 12.1 Å². The van der Waals surface area contributed by atoms with Gasteiger partial charge in [-0.3, -0.25) is 0 Å². The van der Waals surface area contributed by atoms with Gasteiger partial charge in [-0.2, -0.15) is 0 Å². The van der Waals surface area contributed by atoms with E-state index in [9.17, 15) is 0 Å². The van der Waals surface area contributed by atoms with E-state index in [0.29, 0.717) is 5.76 Å². The average molecular weight is 336 g/mol. The number of rotatable bonds is 5. The van der Waals surface area contributed by atoms with Crippen LogP contribution in [0.4, 0.5) is 5.69 Å². The van der Waals surface area contributed by atoms with Gasteiger partial charge in [0.15, 0.2) is 12.2 Å². The summed E-state index contributed by atoms with van der Waals surface area (Å²) in [5, 5.41) is 4.74. The number of hydrogen-bond acceptors (Lipinski definition) is 5. The third-order valence-corrected chi connectivity index (χ3v) is 4.96. The van der Waals surface area contributed by atoms with Crippen LogP contribution >= 0.6 is 11.3 Å². The Labute approximate surface area is 143 Å². The second-order valence-electron chi connectivity index (χ2n) is 5.38. The minimum atomic E-state index is 0.697. The number of oxazole rings is 1. The minimum absolute atomic E-state index is 0.697. The molecule has 0 aliphatic carbocycles. The number of methoxy groups -OCH3 is 1. The predicted octanol–water partition coefficient (Wildman–Crippen LogP) is 5.18. The lowest BCUT2D eigenvalue weighted by molar-refractivity contribution is 0.415. The highest BCUT2D eigenvalue weighted by Gasteiger charge is 2.10. The van der Waals surface area contributed by atoms with Crippen LogP contribution in [0.3, 0.4) is 0 Å². The van der Waals surface area contributed by atoms with E-state index in [1.807, 2.05) is 29.5 Å². The first-order valence-corrected chi connectivity index (χ1v) is 8.43. The third-order valence-electron chi connectivity index (χ3n) is 3.84. The Hall–Kier alpha value is -2.79. The molecule has 1 N–H and O–H groups in total. The second kappa shape index (κ2) is 6.37. The van der Waals surface area contributed by atoms with Crippen molar-refractivity contribution in [3.8, 4) is 17.1 Å². The van der Waals surface area contributed by atoms with Crippen molar-refractivity contribution in [2.45, 2.75) is 6.54 Å². The Morgan fingerprint density at radius 1 is 1.17 bits per heavy atom. The highest BCUT2D eigenvalue weighted by atomic mass is 32.1. The Morgan fingerprint density at radius 2 is 2.08 bits per heavy atom. The highest BCUT2D eigenvalue weighted by molar-refractivity contribution is 7.19. The molecule has 0 amide bonds. The lowest BCUT2D eigenvalue weighted by Gasteiger charge is -2.10. The van der Waals surface area contributed by atoms with Gasteiger partial charge >= 0.3 is 0 Å². The molecule has 0 radical (unpaired) electrons. The number of nitrogens with one attached hydrogen (secondary N) is 1. The van der Waals surface area contributed by atoms with Crippen LogP contribution in [0.5, 0.6) is 5.75 Å². The summed E-state index contributed by atoms with van der Waals surface area (Å²) in [5.74, 6) is 1.45. The van der Waals surface area contributed by atoms with Crippen molar-refractivity contribution >= 4 is 27.1 Å². The van der Waals surface area contributed by atoms with Crippen molar-refractivity contribution in [1.29, 1.82) is 0 Å². The van der Waals surface area contributed by atoms with Crippen molar-refractivity contribution in [3.63, 3.8) is 0 Å². The van der Waals surface area contributed by atoms with Crippen LogP contribution in [0.25, 0.3) is 21.4 Å². The predicted molar refractivity (Wildman–Crippen MR) is 97.6 cm³/mol. The zero-order valence-electron chi connectivity index (χ0n) is 13.2. The number of aromatic nitrogens is 1. The summed E-state index contributed by atoms with van der Waals surface area (Å²) in [6, 6.07) is 16.6. The zero-order valence-corrected chi connectivity index (χ0v) is 14.0. The van der Waals surface area contributed by atoms with Gasteiger partial charge in [-0.05, 0) is 29.7 Å². The Kier molecular flexibility index (Phi) is 3.92. The molecule has 0 aliphatic heterocycles. The van der Waals surface area contributed by atoms with Crippen molar-refractivity contribution in [1.82, 2.24) is 4.98 Å². The molecule has 0 atom stereocenters. The van der Waals surface area contributed by atoms with Gasteiger partial charge in [0.05, 0.1) is 18.9 Å². The smallest absolute Gasteiger partial charge is 0.181 e. The van der Waals surface area contributed by atoms with Crippen LogP contribution in [-0.2, 0) is 6.54 Å². The molecule has 2 aromatic heterocycles. The SMILES string of the molecule is COc1cc(NCc2cc3ccccc3s2)ccc1-c1cnco1. The van der Waals surface area contributed by atoms with Gasteiger partial charge < -0.3 is 14.5 Å².